The second-order valence-electron chi connectivity index (χ2n) is 5.04. The number of hydrogen-bond donors (Lipinski definition) is 1. The molecule has 0 saturated heterocycles. The van der Waals surface area contributed by atoms with Gasteiger partial charge >= 0.3 is 0 Å². The van der Waals surface area contributed by atoms with E-state index in [0.717, 1.165) is 0 Å². The van der Waals surface area contributed by atoms with Crippen molar-refractivity contribution < 1.29 is 9.66 Å². The van der Waals surface area contributed by atoms with Gasteiger partial charge in [-0.2, -0.15) is 5.26 Å². The zero-order chi connectivity index (χ0) is 17.6. The highest BCUT2D eigenvalue weighted by atomic mass is 16.6. The van der Waals surface area contributed by atoms with Crippen molar-refractivity contribution in [2.24, 2.45) is 0 Å². The summed E-state index contributed by atoms with van der Waals surface area (Å²) in [6.45, 7) is 0. The number of aromatic nitrogens is 1. The van der Waals surface area contributed by atoms with Crippen LogP contribution in [0.4, 0.5) is 17.1 Å². The summed E-state index contributed by atoms with van der Waals surface area (Å²) in [4.78, 5) is 14.2. The Balaban J connectivity index is 1.83. The molecule has 1 aromatic heterocycles. The average Bonchev–Trinajstić information content (AvgIpc) is 2.63. The van der Waals surface area contributed by atoms with E-state index >= 15 is 0 Å². The molecule has 25 heavy (non-hydrogen) atoms. The minimum Gasteiger partial charge on any atom is -0.457 e. The Morgan fingerprint density at radius 2 is 1.88 bits per heavy atom. The summed E-state index contributed by atoms with van der Waals surface area (Å²) in [6.07, 6.45) is 3.26. The van der Waals surface area contributed by atoms with Crippen LogP contribution in [0.25, 0.3) is 0 Å². The standard InChI is InChI=1S/C18H12N4O3/c19-12-13-10-15(22(23)24)4-5-18(13)21-14-2-1-3-17(11-14)25-16-6-8-20-9-7-16/h1-11,21H. The van der Waals surface area contributed by atoms with Crippen LogP contribution in [0.2, 0.25) is 0 Å². The van der Waals surface area contributed by atoms with Crippen LogP contribution >= 0.6 is 0 Å². The first-order chi connectivity index (χ1) is 12.2. The summed E-state index contributed by atoms with van der Waals surface area (Å²) in [7, 11) is 0. The van der Waals surface area contributed by atoms with Crippen molar-refractivity contribution in [3.05, 3.63) is 82.7 Å². The molecule has 0 bridgehead atoms. The Bertz CT molecular complexity index is 952. The lowest BCUT2D eigenvalue weighted by Gasteiger charge is -2.10. The van der Waals surface area contributed by atoms with Crippen LogP contribution in [0.3, 0.4) is 0 Å². The normalized spacial score (nSPS) is 9.88. The number of nitro benzene ring substituents is 1. The predicted molar refractivity (Wildman–Crippen MR) is 91.8 cm³/mol. The minimum atomic E-state index is -0.534. The zero-order valence-corrected chi connectivity index (χ0v) is 12.9. The first-order valence-corrected chi connectivity index (χ1v) is 7.29. The molecule has 0 atom stereocenters. The molecular weight excluding hydrogens is 320 g/mol. The van der Waals surface area contributed by atoms with Gasteiger partial charge in [0.05, 0.1) is 16.2 Å². The Morgan fingerprint density at radius 1 is 1.08 bits per heavy atom. The number of anilines is 2. The van der Waals surface area contributed by atoms with E-state index in [1.807, 2.05) is 12.1 Å². The maximum Gasteiger partial charge on any atom is 0.270 e. The molecule has 7 heteroatoms. The van der Waals surface area contributed by atoms with Gasteiger partial charge in [-0.3, -0.25) is 15.1 Å². The lowest BCUT2D eigenvalue weighted by atomic mass is 10.1. The highest BCUT2D eigenvalue weighted by molar-refractivity contribution is 5.69. The quantitative estimate of drug-likeness (QED) is 0.549. The molecule has 0 aliphatic carbocycles. The number of pyridine rings is 1. The smallest absolute Gasteiger partial charge is 0.270 e. The molecule has 0 amide bonds. The number of rotatable bonds is 5. The fraction of sp³-hybridized carbons (Fsp3) is 0. The van der Waals surface area contributed by atoms with Crippen LogP contribution in [0.15, 0.2) is 67.0 Å². The Kier molecular flexibility index (Phi) is 4.53. The van der Waals surface area contributed by atoms with Crippen LogP contribution in [0.5, 0.6) is 11.5 Å². The summed E-state index contributed by atoms with van der Waals surface area (Å²) < 4.78 is 5.73. The van der Waals surface area contributed by atoms with Gasteiger partial charge in [0.25, 0.3) is 5.69 Å². The maximum absolute atomic E-state index is 10.8. The first-order valence-electron chi connectivity index (χ1n) is 7.29. The second kappa shape index (κ2) is 7.10. The van der Waals surface area contributed by atoms with Gasteiger partial charge in [0.15, 0.2) is 0 Å². The number of nitrogens with one attached hydrogen (secondary N) is 1. The van der Waals surface area contributed by atoms with E-state index in [4.69, 9.17) is 4.74 Å². The molecule has 2 aromatic carbocycles. The van der Waals surface area contributed by atoms with Crippen molar-refractivity contribution in [1.29, 1.82) is 5.26 Å². The number of benzene rings is 2. The summed E-state index contributed by atoms with van der Waals surface area (Å²) in [5.41, 5.74) is 1.23. The van der Waals surface area contributed by atoms with Crippen molar-refractivity contribution in [3.8, 4) is 17.6 Å². The van der Waals surface area contributed by atoms with Crippen LogP contribution in [0.1, 0.15) is 5.56 Å². The van der Waals surface area contributed by atoms with Crippen molar-refractivity contribution in [2.45, 2.75) is 0 Å². The molecule has 1 N–H and O–H groups in total. The zero-order valence-electron chi connectivity index (χ0n) is 12.9. The Hall–Kier alpha value is -3.92. The molecule has 122 valence electrons. The van der Waals surface area contributed by atoms with E-state index in [-0.39, 0.29) is 11.3 Å². The van der Waals surface area contributed by atoms with E-state index in [0.29, 0.717) is 22.9 Å². The predicted octanol–water partition coefficient (Wildman–Crippen LogP) is 4.40. The van der Waals surface area contributed by atoms with E-state index in [1.54, 1.807) is 42.7 Å². The molecule has 0 saturated carbocycles. The van der Waals surface area contributed by atoms with Crippen LogP contribution < -0.4 is 10.1 Å². The first kappa shape index (κ1) is 16.0. The number of hydrogen-bond acceptors (Lipinski definition) is 6. The topological polar surface area (TPSA) is 101 Å². The van der Waals surface area contributed by atoms with Gasteiger partial charge < -0.3 is 10.1 Å². The largest absolute Gasteiger partial charge is 0.457 e. The van der Waals surface area contributed by atoms with Gasteiger partial charge in [-0.1, -0.05) is 6.07 Å². The molecule has 3 aromatic rings. The number of nitrogens with zero attached hydrogens (tertiary/aromatic N) is 3. The molecule has 0 aliphatic heterocycles. The summed E-state index contributed by atoms with van der Waals surface area (Å²) in [5.74, 6) is 1.26. The molecule has 3 rings (SSSR count). The third-order valence-corrected chi connectivity index (χ3v) is 3.33. The SMILES string of the molecule is N#Cc1cc([N+](=O)[O-])ccc1Nc1cccc(Oc2ccncc2)c1. The molecule has 1 heterocycles. The molecule has 7 nitrogen and oxygen atoms in total. The number of non-ortho nitro benzene ring substituents is 1. The molecule has 0 radical (unpaired) electrons. The number of ether oxygens (including phenoxy) is 1. The van der Waals surface area contributed by atoms with Gasteiger partial charge in [0, 0.05) is 36.3 Å². The molecule has 0 unspecified atom stereocenters. The minimum absolute atomic E-state index is 0.128. The highest BCUT2D eigenvalue weighted by Crippen LogP contribution is 2.28. The van der Waals surface area contributed by atoms with Crippen LogP contribution in [-0.4, -0.2) is 9.91 Å². The lowest BCUT2D eigenvalue weighted by molar-refractivity contribution is -0.384. The maximum atomic E-state index is 10.8. The summed E-state index contributed by atoms with van der Waals surface area (Å²) in [6, 6.07) is 16.7. The van der Waals surface area contributed by atoms with Gasteiger partial charge in [-0.05, 0) is 30.3 Å². The van der Waals surface area contributed by atoms with E-state index in [1.165, 1.54) is 18.2 Å². The lowest BCUT2D eigenvalue weighted by Crippen LogP contribution is -1.96. The average molecular weight is 332 g/mol. The van der Waals surface area contributed by atoms with Gasteiger partial charge in [0.1, 0.15) is 17.6 Å². The van der Waals surface area contributed by atoms with E-state index in [9.17, 15) is 15.4 Å². The Labute approximate surface area is 143 Å². The fourth-order valence-electron chi connectivity index (χ4n) is 2.18. The van der Waals surface area contributed by atoms with Crippen LogP contribution in [-0.2, 0) is 0 Å². The van der Waals surface area contributed by atoms with Crippen molar-refractivity contribution in [2.75, 3.05) is 5.32 Å². The van der Waals surface area contributed by atoms with Crippen molar-refractivity contribution >= 4 is 17.1 Å². The van der Waals surface area contributed by atoms with Crippen LogP contribution in [0, 0.1) is 21.4 Å². The third kappa shape index (κ3) is 3.89. The summed E-state index contributed by atoms with van der Waals surface area (Å²) in [5, 5.41) is 23.1. The number of nitro groups is 1. The molecule has 0 spiro atoms. The van der Waals surface area contributed by atoms with Crippen molar-refractivity contribution in [3.63, 3.8) is 0 Å². The fourth-order valence-corrected chi connectivity index (χ4v) is 2.18. The third-order valence-electron chi connectivity index (χ3n) is 3.33. The Morgan fingerprint density at radius 3 is 2.60 bits per heavy atom. The molecule has 0 aliphatic rings. The second-order valence-corrected chi connectivity index (χ2v) is 5.04. The summed E-state index contributed by atoms with van der Waals surface area (Å²) >= 11 is 0. The van der Waals surface area contributed by atoms with Crippen molar-refractivity contribution in [1.82, 2.24) is 4.98 Å². The van der Waals surface area contributed by atoms with E-state index in [2.05, 4.69) is 10.3 Å². The van der Waals surface area contributed by atoms with Gasteiger partial charge in [0.2, 0.25) is 0 Å². The van der Waals surface area contributed by atoms with E-state index < -0.39 is 4.92 Å². The number of nitriles is 1. The molecular formula is C18H12N4O3. The monoisotopic (exact) mass is 332 g/mol. The highest BCUT2D eigenvalue weighted by Gasteiger charge is 2.11. The van der Waals surface area contributed by atoms with Gasteiger partial charge in [-0.25, -0.2) is 0 Å². The molecule has 0 fully saturated rings. The van der Waals surface area contributed by atoms with Gasteiger partial charge in [-0.15, -0.1) is 0 Å².